The van der Waals surface area contributed by atoms with Gasteiger partial charge in [-0.3, -0.25) is 4.79 Å². The number of halogens is 2. The van der Waals surface area contributed by atoms with Crippen molar-refractivity contribution < 1.29 is 23.0 Å². The third-order valence-electron chi connectivity index (χ3n) is 5.08. The fraction of sp³-hybridized carbons (Fsp3) is 0.167. The van der Waals surface area contributed by atoms with Gasteiger partial charge in [-0.25, -0.2) is 4.52 Å². The largest absolute Gasteiger partial charge is 0.493 e. The standard InChI is InChI=1S/C24H21F2N3O3/c1-4-13-28-17-7-5-6-8-18(17)29-23(28)22(15(2)27-29)19(30)11-9-16-10-12-20(31-3)21(14-16)32-24(25)26/h4-12,14,24H,1,13H2,2-3H3. The van der Waals surface area contributed by atoms with Crippen molar-refractivity contribution >= 4 is 28.5 Å². The number of rotatable bonds is 8. The molecule has 32 heavy (non-hydrogen) atoms. The zero-order valence-corrected chi connectivity index (χ0v) is 17.6. The molecule has 0 atom stereocenters. The number of aromatic nitrogens is 3. The van der Waals surface area contributed by atoms with Crippen LogP contribution < -0.4 is 9.47 Å². The number of alkyl halides is 2. The number of aryl methyl sites for hydroxylation is 1. The number of hydrogen-bond acceptors (Lipinski definition) is 4. The van der Waals surface area contributed by atoms with Crippen molar-refractivity contribution in [3.8, 4) is 11.5 Å². The van der Waals surface area contributed by atoms with E-state index in [0.717, 1.165) is 11.0 Å². The van der Waals surface area contributed by atoms with Gasteiger partial charge in [0.05, 0.1) is 29.4 Å². The van der Waals surface area contributed by atoms with E-state index in [2.05, 4.69) is 16.4 Å². The van der Waals surface area contributed by atoms with E-state index in [1.807, 2.05) is 28.8 Å². The lowest BCUT2D eigenvalue weighted by molar-refractivity contribution is -0.0512. The number of allylic oxidation sites excluding steroid dienone is 2. The van der Waals surface area contributed by atoms with Crippen molar-refractivity contribution in [2.75, 3.05) is 7.11 Å². The van der Waals surface area contributed by atoms with Gasteiger partial charge in [0.15, 0.2) is 17.3 Å². The van der Waals surface area contributed by atoms with Gasteiger partial charge in [-0.05, 0) is 42.8 Å². The summed E-state index contributed by atoms with van der Waals surface area (Å²) in [6.45, 7) is 3.13. The minimum atomic E-state index is -2.99. The van der Waals surface area contributed by atoms with Gasteiger partial charge in [-0.1, -0.05) is 30.4 Å². The summed E-state index contributed by atoms with van der Waals surface area (Å²) >= 11 is 0. The van der Waals surface area contributed by atoms with Crippen LogP contribution in [0.1, 0.15) is 21.6 Å². The van der Waals surface area contributed by atoms with Crippen molar-refractivity contribution in [3.05, 3.63) is 78.0 Å². The molecule has 0 saturated carbocycles. The second-order valence-corrected chi connectivity index (χ2v) is 7.07. The molecule has 0 amide bonds. The SMILES string of the molecule is C=CCn1c2ccccc2n2nc(C)c(C(=O)C=Cc3ccc(OC)c(OC(F)F)c3)c12. The Hall–Kier alpha value is -3.94. The Labute approximate surface area is 183 Å². The van der Waals surface area contributed by atoms with Crippen LogP contribution in [0.2, 0.25) is 0 Å². The molecule has 0 radical (unpaired) electrons. The number of benzene rings is 2. The fourth-order valence-corrected chi connectivity index (χ4v) is 3.76. The average Bonchev–Trinajstić information content (AvgIpc) is 3.26. The Balaban J connectivity index is 1.76. The van der Waals surface area contributed by atoms with E-state index in [4.69, 9.17) is 4.74 Å². The molecule has 4 rings (SSSR count). The third kappa shape index (κ3) is 3.75. The normalized spacial score (nSPS) is 11.7. The summed E-state index contributed by atoms with van der Waals surface area (Å²) < 4.78 is 38.7. The lowest BCUT2D eigenvalue weighted by Gasteiger charge is -2.10. The van der Waals surface area contributed by atoms with Crippen LogP contribution >= 0.6 is 0 Å². The molecule has 8 heteroatoms. The van der Waals surface area contributed by atoms with Crippen molar-refractivity contribution in [1.29, 1.82) is 0 Å². The van der Waals surface area contributed by atoms with Crippen LogP contribution in [0.15, 0.2) is 61.2 Å². The zero-order chi connectivity index (χ0) is 22.8. The number of nitrogens with zero attached hydrogens (tertiary/aromatic N) is 3. The number of fused-ring (bicyclic) bond motifs is 3. The highest BCUT2D eigenvalue weighted by molar-refractivity contribution is 6.12. The zero-order valence-electron chi connectivity index (χ0n) is 17.6. The lowest BCUT2D eigenvalue weighted by atomic mass is 10.1. The van der Waals surface area contributed by atoms with Crippen LogP contribution in [-0.2, 0) is 6.54 Å². The molecule has 2 heterocycles. The van der Waals surface area contributed by atoms with E-state index in [1.54, 1.807) is 29.7 Å². The molecule has 0 aliphatic rings. The summed E-state index contributed by atoms with van der Waals surface area (Å²) in [4.78, 5) is 13.2. The number of carbonyl (C=O) groups excluding carboxylic acids is 1. The van der Waals surface area contributed by atoms with E-state index in [9.17, 15) is 13.6 Å². The summed E-state index contributed by atoms with van der Waals surface area (Å²) in [5, 5.41) is 4.58. The molecular formula is C24H21F2N3O3. The van der Waals surface area contributed by atoms with E-state index in [1.165, 1.54) is 25.3 Å². The molecule has 0 unspecified atom stereocenters. The Morgan fingerprint density at radius 3 is 2.62 bits per heavy atom. The fourth-order valence-electron chi connectivity index (χ4n) is 3.76. The smallest absolute Gasteiger partial charge is 0.387 e. The first-order valence-electron chi connectivity index (χ1n) is 9.87. The molecule has 164 valence electrons. The maximum atomic E-state index is 13.2. The summed E-state index contributed by atoms with van der Waals surface area (Å²) in [7, 11) is 1.36. The second kappa shape index (κ2) is 8.66. The van der Waals surface area contributed by atoms with E-state index >= 15 is 0 Å². The molecule has 0 N–H and O–H groups in total. The molecule has 0 fully saturated rings. The second-order valence-electron chi connectivity index (χ2n) is 7.07. The quantitative estimate of drug-likeness (QED) is 0.214. The first-order chi connectivity index (χ1) is 15.4. The summed E-state index contributed by atoms with van der Waals surface area (Å²) in [6.07, 6.45) is 4.71. The van der Waals surface area contributed by atoms with Crippen LogP contribution in [0, 0.1) is 6.92 Å². The van der Waals surface area contributed by atoms with Gasteiger partial charge in [0.2, 0.25) is 0 Å². The van der Waals surface area contributed by atoms with Crippen LogP contribution in [0.25, 0.3) is 22.8 Å². The van der Waals surface area contributed by atoms with Crippen LogP contribution in [0.4, 0.5) is 8.78 Å². The van der Waals surface area contributed by atoms with E-state index < -0.39 is 6.61 Å². The summed E-state index contributed by atoms with van der Waals surface area (Å²) in [5.41, 5.74) is 4.08. The number of para-hydroxylation sites is 2. The van der Waals surface area contributed by atoms with Crippen molar-refractivity contribution in [3.63, 3.8) is 0 Å². The molecule has 0 aliphatic heterocycles. The number of imidazole rings is 1. The topological polar surface area (TPSA) is 57.8 Å². The molecule has 6 nitrogen and oxygen atoms in total. The van der Waals surface area contributed by atoms with E-state index in [0.29, 0.717) is 29.0 Å². The Kier molecular flexibility index (Phi) is 5.77. The average molecular weight is 437 g/mol. The molecule has 2 aromatic carbocycles. The number of hydrogen-bond donors (Lipinski definition) is 0. The Morgan fingerprint density at radius 2 is 1.94 bits per heavy atom. The van der Waals surface area contributed by atoms with Gasteiger partial charge in [-0.2, -0.15) is 13.9 Å². The highest BCUT2D eigenvalue weighted by Crippen LogP contribution is 2.30. The maximum absolute atomic E-state index is 13.2. The summed E-state index contributed by atoms with van der Waals surface area (Å²) in [5.74, 6) is -0.179. The number of ketones is 1. The van der Waals surface area contributed by atoms with Crippen LogP contribution in [0.5, 0.6) is 11.5 Å². The van der Waals surface area contributed by atoms with Gasteiger partial charge in [-0.15, -0.1) is 6.58 Å². The van der Waals surface area contributed by atoms with Crippen molar-refractivity contribution in [2.24, 2.45) is 0 Å². The molecule has 0 spiro atoms. The molecular weight excluding hydrogens is 416 g/mol. The number of carbonyl (C=O) groups is 1. The van der Waals surface area contributed by atoms with E-state index in [-0.39, 0.29) is 17.3 Å². The minimum Gasteiger partial charge on any atom is -0.493 e. The number of ether oxygens (including phenoxy) is 2. The monoisotopic (exact) mass is 437 g/mol. The van der Waals surface area contributed by atoms with Gasteiger partial charge < -0.3 is 14.0 Å². The highest BCUT2D eigenvalue weighted by Gasteiger charge is 2.22. The maximum Gasteiger partial charge on any atom is 0.387 e. The first-order valence-corrected chi connectivity index (χ1v) is 9.87. The highest BCUT2D eigenvalue weighted by atomic mass is 19.3. The molecule has 0 saturated heterocycles. The van der Waals surface area contributed by atoms with Crippen LogP contribution in [0.3, 0.4) is 0 Å². The van der Waals surface area contributed by atoms with Gasteiger partial charge >= 0.3 is 6.61 Å². The van der Waals surface area contributed by atoms with Crippen LogP contribution in [-0.4, -0.2) is 33.7 Å². The molecule has 4 aromatic rings. The third-order valence-corrected chi connectivity index (χ3v) is 5.08. The van der Waals surface area contributed by atoms with Crippen molar-refractivity contribution in [2.45, 2.75) is 20.1 Å². The summed E-state index contributed by atoms with van der Waals surface area (Å²) in [6, 6.07) is 12.3. The predicted molar refractivity (Wildman–Crippen MR) is 119 cm³/mol. The van der Waals surface area contributed by atoms with Gasteiger partial charge in [0.25, 0.3) is 0 Å². The predicted octanol–water partition coefficient (Wildman–Crippen LogP) is 5.29. The molecule has 0 bridgehead atoms. The van der Waals surface area contributed by atoms with Crippen molar-refractivity contribution in [1.82, 2.24) is 14.2 Å². The van der Waals surface area contributed by atoms with Gasteiger partial charge in [0.1, 0.15) is 5.65 Å². The molecule has 2 aromatic heterocycles. The first kappa shape index (κ1) is 21.3. The Morgan fingerprint density at radius 1 is 1.19 bits per heavy atom. The minimum absolute atomic E-state index is 0.104. The molecule has 0 aliphatic carbocycles. The Bertz CT molecular complexity index is 1350. The number of methoxy groups -OCH3 is 1. The van der Waals surface area contributed by atoms with Gasteiger partial charge in [0, 0.05) is 6.54 Å². The lowest BCUT2D eigenvalue weighted by Crippen LogP contribution is -2.04.